The fourth-order valence-electron chi connectivity index (χ4n) is 2.75. The highest BCUT2D eigenvalue weighted by atomic mass is 79.9. The molecule has 5 nitrogen and oxygen atoms in total. The van der Waals surface area contributed by atoms with E-state index in [1.165, 1.54) is 23.9 Å². The first-order valence-electron chi connectivity index (χ1n) is 8.78. The third-order valence-corrected chi connectivity index (χ3v) is 5.60. The second-order valence-electron chi connectivity index (χ2n) is 6.31. The zero-order valence-electron chi connectivity index (χ0n) is 15.5. The Hall–Kier alpha value is -2.19. The number of nitrogens with zero attached hydrogens (tertiary/aromatic N) is 2. The molecular weight excluding hydrogens is 445 g/mol. The first-order valence-corrected chi connectivity index (χ1v) is 10.6. The van der Waals surface area contributed by atoms with Crippen molar-refractivity contribution in [2.24, 2.45) is 0 Å². The van der Waals surface area contributed by atoms with E-state index in [0.717, 1.165) is 16.5 Å². The predicted octanol–water partition coefficient (Wildman–Crippen LogP) is 4.75. The van der Waals surface area contributed by atoms with Crippen molar-refractivity contribution in [2.75, 3.05) is 11.1 Å². The van der Waals surface area contributed by atoms with Crippen LogP contribution in [0.2, 0.25) is 0 Å². The van der Waals surface area contributed by atoms with Crippen LogP contribution in [0.1, 0.15) is 18.9 Å². The minimum atomic E-state index is -0.410. The maximum Gasteiger partial charge on any atom is 0.262 e. The van der Waals surface area contributed by atoms with Crippen molar-refractivity contribution in [3.63, 3.8) is 0 Å². The number of rotatable bonds is 6. The van der Waals surface area contributed by atoms with Gasteiger partial charge in [0.15, 0.2) is 5.16 Å². The molecule has 0 bridgehead atoms. The Bertz CT molecular complexity index is 1100. The summed E-state index contributed by atoms with van der Waals surface area (Å²) >= 11 is 4.57. The van der Waals surface area contributed by atoms with E-state index in [4.69, 9.17) is 0 Å². The third-order valence-electron chi connectivity index (χ3n) is 4.13. The van der Waals surface area contributed by atoms with Crippen molar-refractivity contribution < 1.29 is 9.18 Å². The van der Waals surface area contributed by atoms with Gasteiger partial charge in [0.2, 0.25) is 5.91 Å². The Balaban J connectivity index is 1.84. The van der Waals surface area contributed by atoms with Crippen LogP contribution in [0.25, 0.3) is 10.9 Å². The molecule has 0 aliphatic heterocycles. The lowest BCUT2D eigenvalue weighted by atomic mass is 10.2. The molecule has 0 unspecified atom stereocenters. The molecular formula is C20H19BrFN3O2S. The smallest absolute Gasteiger partial charge is 0.262 e. The summed E-state index contributed by atoms with van der Waals surface area (Å²) in [5.74, 6) is -0.631. The summed E-state index contributed by atoms with van der Waals surface area (Å²) in [6, 6.07) is 9.60. The van der Waals surface area contributed by atoms with E-state index in [1.54, 1.807) is 29.7 Å². The average Bonchev–Trinajstić information content (AvgIpc) is 2.66. The standard InChI is InChI=1S/C20H19BrFN3O2S/c1-3-8-25-19(27)15-9-13(21)5-7-16(15)24-20(25)28-11-18(26)23-17-10-14(22)6-4-12(17)2/h4-7,9-10H,3,8,11H2,1-2H3,(H,23,26). The first kappa shape index (κ1) is 20.5. The van der Waals surface area contributed by atoms with Crippen molar-refractivity contribution >= 4 is 50.2 Å². The Kier molecular flexibility index (Phi) is 6.51. The molecule has 1 amide bonds. The predicted molar refractivity (Wildman–Crippen MR) is 114 cm³/mol. The van der Waals surface area contributed by atoms with E-state index < -0.39 is 5.82 Å². The second kappa shape index (κ2) is 8.87. The Morgan fingerprint density at radius 3 is 2.82 bits per heavy atom. The molecule has 3 rings (SSSR count). The van der Waals surface area contributed by atoms with Crippen LogP contribution in [0.5, 0.6) is 0 Å². The minimum Gasteiger partial charge on any atom is -0.325 e. The molecule has 1 N–H and O–H groups in total. The zero-order chi connectivity index (χ0) is 20.3. The summed E-state index contributed by atoms with van der Waals surface area (Å²) < 4.78 is 15.8. The fraction of sp³-hybridized carbons (Fsp3) is 0.250. The highest BCUT2D eigenvalue weighted by Crippen LogP contribution is 2.22. The minimum absolute atomic E-state index is 0.0636. The second-order valence-corrected chi connectivity index (χ2v) is 8.17. The molecule has 0 aliphatic rings. The lowest BCUT2D eigenvalue weighted by Gasteiger charge is -2.13. The lowest BCUT2D eigenvalue weighted by Crippen LogP contribution is -2.24. The molecule has 0 spiro atoms. The van der Waals surface area contributed by atoms with Gasteiger partial charge in [0, 0.05) is 16.7 Å². The molecule has 3 aromatic rings. The number of aryl methyl sites for hydroxylation is 1. The molecule has 0 aliphatic carbocycles. The van der Waals surface area contributed by atoms with Crippen molar-refractivity contribution in [2.45, 2.75) is 32.0 Å². The monoisotopic (exact) mass is 463 g/mol. The van der Waals surface area contributed by atoms with Gasteiger partial charge in [-0.05, 0) is 49.2 Å². The average molecular weight is 464 g/mol. The van der Waals surface area contributed by atoms with Crippen LogP contribution >= 0.6 is 27.7 Å². The molecule has 1 aromatic heterocycles. The van der Waals surface area contributed by atoms with Gasteiger partial charge in [0.05, 0.1) is 16.7 Å². The molecule has 146 valence electrons. The number of hydrogen-bond donors (Lipinski definition) is 1. The Morgan fingerprint density at radius 2 is 2.07 bits per heavy atom. The highest BCUT2D eigenvalue weighted by molar-refractivity contribution is 9.10. The lowest BCUT2D eigenvalue weighted by molar-refractivity contribution is -0.113. The van der Waals surface area contributed by atoms with Crippen molar-refractivity contribution in [3.8, 4) is 0 Å². The SMILES string of the molecule is CCCn1c(SCC(=O)Nc2cc(F)ccc2C)nc2ccc(Br)cc2c1=O. The van der Waals surface area contributed by atoms with Gasteiger partial charge in [0.25, 0.3) is 5.56 Å². The normalized spacial score (nSPS) is 11.0. The van der Waals surface area contributed by atoms with Crippen LogP contribution < -0.4 is 10.9 Å². The van der Waals surface area contributed by atoms with Gasteiger partial charge in [-0.3, -0.25) is 14.2 Å². The first-order chi connectivity index (χ1) is 13.4. The molecule has 0 radical (unpaired) electrons. The fourth-order valence-corrected chi connectivity index (χ4v) is 3.94. The largest absolute Gasteiger partial charge is 0.325 e. The van der Waals surface area contributed by atoms with Gasteiger partial charge in [-0.1, -0.05) is 40.7 Å². The Labute approximate surface area is 174 Å². The Morgan fingerprint density at radius 1 is 1.29 bits per heavy atom. The third kappa shape index (κ3) is 4.62. The van der Waals surface area contributed by atoms with Crippen LogP contribution in [-0.4, -0.2) is 21.2 Å². The van der Waals surface area contributed by atoms with Gasteiger partial charge in [0.1, 0.15) is 5.82 Å². The number of hydrogen-bond acceptors (Lipinski definition) is 4. The van der Waals surface area contributed by atoms with Crippen molar-refractivity contribution in [1.82, 2.24) is 9.55 Å². The molecule has 0 saturated carbocycles. The van der Waals surface area contributed by atoms with E-state index in [9.17, 15) is 14.0 Å². The number of nitrogens with one attached hydrogen (secondary N) is 1. The van der Waals surface area contributed by atoms with Crippen LogP contribution in [0.4, 0.5) is 10.1 Å². The molecule has 1 heterocycles. The maximum atomic E-state index is 13.4. The van der Waals surface area contributed by atoms with Crippen LogP contribution in [-0.2, 0) is 11.3 Å². The number of halogens is 2. The van der Waals surface area contributed by atoms with E-state index in [0.29, 0.717) is 28.3 Å². The van der Waals surface area contributed by atoms with Gasteiger partial charge in [-0.15, -0.1) is 0 Å². The number of carbonyl (C=O) groups excluding carboxylic acids is 1. The van der Waals surface area contributed by atoms with E-state index in [2.05, 4.69) is 26.2 Å². The number of benzene rings is 2. The number of thioether (sulfide) groups is 1. The van der Waals surface area contributed by atoms with Crippen LogP contribution in [0.15, 0.2) is 50.8 Å². The quantitative estimate of drug-likeness (QED) is 0.423. The summed E-state index contributed by atoms with van der Waals surface area (Å²) in [5, 5.41) is 3.74. The van der Waals surface area contributed by atoms with E-state index >= 15 is 0 Å². The molecule has 0 atom stereocenters. The highest BCUT2D eigenvalue weighted by Gasteiger charge is 2.14. The number of carbonyl (C=O) groups is 1. The van der Waals surface area contributed by atoms with Gasteiger partial charge in [-0.25, -0.2) is 9.37 Å². The topological polar surface area (TPSA) is 64.0 Å². The van der Waals surface area contributed by atoms with Crippen LogP contribution in [0, 0.1) is 12.7 Å². The molecule has 28 heavy (non-hydrogen) atoms. The number of aromatic nitrogens is 2. The number of anilines is 1. The molecule has 2 aromatic carbocycles. The van der Waals surface area contributed by atoms with Gasteiger partial charge in [-0.2, -0.15) is 0 Å². The summed E-state index contributed by atoms with van der Waals surface area (Å²) in [7, 11) is 0. The molecule has 8 heteroatoms. The summed E-state index contributed by atoms with van der Waals surface area (Å²) in [4.78, 5) is 29.8. The number of fused-ring (bicyclic) bond motifs is 1. The number of amides is 1. The van der Waals surface area contributed by atoms with Gasteiger partial charge >= 0.3 is 0 Å². The molecule has 0 saturated heterocycles. The van der Waals surface area contributed by atoms with E-state index in [1.807, 2.05) is 13.0 Å². The van der Waals surface area contributed by atoms with Crippen LogP contribution in [0.3, 0.4) is 0 Å². The zero-order valence-corrected chi connectivity index (χ0v) is 17.9. The van der Waals surface area contributed by atoms with Crippen molar-refractivity contribution in [3.05, 3.63) is 62.6 Å². The van der Waals surface area contributed by atoms with E-state index in [-0.39, 0.29) is 17.2 Å². The van der Waals surface area contributed by atoms with Crippen molar-refractivity contribution in [1.29, 1.82) is 0 Å². The molecule has 0 fully saturated rings. The summed E-state index contributed by atoms with van der Waals surface area (Å²) in [6.45, 7) is 4.29. The maximum absolute atomic E-state index is 13.4. The summed E-state index contributed by atoms with van der Waals surface area (Å²) in [5.41, 5.74) is 1.67. The van der Waals surface area contributed by atoms with Gasteiger partial charge < -0.3 is 5.32 Å². The summed E-state index contributed by atoms with van der Waals surface area (Å²) in [6.07, 6.45) is 0.767.